The Balaban J connectivity index is 0.000000155. The van der Waals surface area contributed by atoms with E-state index in [1.54, 1.807) is 24.3 Å². The van der Waals surface area contributed by atoms with Crippen LogP contribution in [0.1, 0.15) is 93.5 Å². The largest absolute Gasteiger partial charge is 0.465 e. The van der Waals surface area contributed by atoms with Crippen LogP contribution in [0.15, 0.2) is 71.9 Å². The molecule has 5 aliphatic heterocycles. The molecule has 0 aromatic carbocycles. The third-order valence-electron chi connectivity index (χ3n) is 13.7. The van der Waals surface area contributed by atoms with Gasteiger partial charge in [0, 0.05) is 75.2 Å². The van der Waals surface area contributed by atoms with E-state index in [-0.39, 0.29) is 48.2 Å². The average Bonchev–Trinajstić information content (AvgIpc) is 4.23. The molecule has 4 aromatic rings. The van der Waals surface area contributed by atoms with Crippen LogP contribution >= 0.6 is 0 Å². The molecule has 4 saturated heterocycles. The number of halogens is 2. The summed E-state index contributed by atoms with van der Waals surface area (Å²) >= 11 is 0. The van der Waals surface area contributed by atoms with Crippen LogP contribution in [0.2, 0.25) is 0 Å². The number of carbonyl (C=O) groups excluding carboxylic acids is 3. The number of nitrogens with zero attached hydrogens (tertiary/aromatic N) is 9. The number of pyridine rings is 2. The Hall–Kier alpha value is -6.47. The highest BCUT2D eigenvalue weighted by Gasteiger charge is 2.40. The van der Waals surface area contributed by atoms with E-state index < -0.39 is 24.3 Å². The number of likely N-dealkylation sites (tertiary alicyclic amines) is 1. The van der Waals surface area contributed by atoms with Gasteiger partial charge in [0.25, 0.3) is 17.9 Å². The predicted molar refractivity (Wildman–Crippen MR) is 266 cm³/mol. The first-order valence-electron chi connectivity index (χ1n) is 25.2. The summed E-state index contributed by atoms with van der Waals surface area (Å²) in [4.78, 5) is 61.8. The van der Waals surface area contributed by atoms with Crippen molar-refractivity contribution in [2.75, 3.05) is 74.7 Å². The van der Waals surface area contributed by atoms with E-state index in [0.717, 1.165) is 89.1 Å². The van der Waals surface area contributed by atoms with Gasteiger partial charge in [-0.1, -0.05) is 31.1 Å². The Morgan fingerprint density at radius 1 is 1.00 bits per heavy atom. The van der Waals surface area contributed by atoms with Crippen molar-refractivity contribution >= 4 is 41.1 Å². The predicted octanol–water partition coefficient (Wildman–Crippen LogP) is 4.58. The molecule has 4 aromatic heterocycles. The number of morpholine rings is 1. The molecule has 21 heteroatoms. The number of alkyl halides is 2. The summed E-state index contributed by atoms with van der Waals surface area (Å²) in [5.41, 5.74) is 6.01. The maximum Gasteiger partial charge on any atom is 0.326 e. The van der Waals surface area contributed by atoms with Gasteiger partial charge in [0.1, 0.15) is 30.6 Å². The van der Waals surface area contributed by atoms with Crippen molar-refractivity contribution in [3.8, 4) is 11.8 Å². The van der Waals surface area contributed by atoms with Crippen molar-refractivity contribution in [1.29, 1.82) is 0 Å². The van der Waals surface area contributed by atoms with Gasteiger partial charge in [0.2, 0.25) is 6.41 Å². The monoisotopic (exact) mass is 997 g/mol. The summed E-state index contributed by atoms with van der Waals surface area (Å²) in [7, 11) is 2.17. The van der Waals surface area contributed by atoms with Gasteiger partial charge < -0.3 is 49.1 Å². The van der Waals surface area contributed by atoms with Crippen molar-refractivity contribution in [2.45, 2.75) is 121 Å². The highest BCUT2D eigenvalue weighted by atomic mass is 19.3. The van der Waals surface area contributed by atoms with E-state index in [4.69, 9.17) is 19.2 Å². The Bertz CT molecular complexity index is 2620. The van der Waals surface area contributed by atoms with E-state index in [1.165, 1.54) is 65.0 Å². The average molecular weight is 997 g/mol. The summed E-state index contributed by atoms with van der Waals surface area (Å²) in [6, 6.07) is 5.96. The minimum absolute atomic E-state index is 0.162. The highest BCUT2D eigenvalue weighted by molar-refractivity contribution is 6.00. The topological polar surface area (TPSA) is 193 Å². The van der Waals surface area contributed by atoms with Gasteiger partial charge >= 0.3 is 5.97 Å². The maximum atomic E-state index is 13.7. The zero-order valence-electron chi connectivity index (χ0n) is 41.1. The van der Waals surface area contributed by atoms with Crippen LogP contribution in [0.4, 0.5) is 26.0 Å². The molecule has 0 radical (unpaired) electrons. The second kappa shape index (κ2) is 25.3. The number of nitrogens with one attached hydrogen (secondary N) is 3. The van der Waals surface area contributed by atoms with E-state index >= 15 is 0 Å². The van der Waals surface area contributed by atoms with Gasteiger partial charge in [-0.05, 0) is 83.5 Å². The zero-order valence-corrected chi connectivity index (χ0v) is 41.1. The number of anilines is 3. The third-order valence-corrected chi connectivity index (χ3v) is 13.7. The summed E-state index contributed by atoms with van der Waals surface area (Å²) in [6.07, 6.45) is 20.8. The lowest BCUT2D eigenvalue weighted by Gasteiger charge is -2.31. The number of amides is 2. The summed E-state index contributed by atoms with van der Waals surface area (Å²) in [5, 5.41) is 11.1. The standard InChI is InChI=1S/C22H27F2N7O2.C19H27N3O.C10H12N2O4/c23-20(24)19-17(11-31(28-19)13-4-2-1-3-5-13)26-22(32)16-9-25-30-7-6-18(27-21(16)30)29-10-15-8-14(29)12-33-15;1-21-11-7-19(8-12-21)23-13-5-6-17-14-18(16-20-15-17)22-9-3-2-4-10-22;1-2-16-10(15)6-12-5-8(11-7-13)3-4-9(12)14/h6-7,9,11,13-15,19-20,28H,1-5,8,10,12H2,(H,26,32);14-16,19H,2-4,7-13H2,1H3;3-5,7H,2,6H2,1H3,(H,11,13). The fraction of sp³-hybridized carbons (Fsp3) is 0.549. The first kappa shape index (κ1) is 51.9. The second-order valence-electron chi connectivity index (χ2n) is 18.8. The third kappa shape index (κ3) is 13.7. The van der Waals surface area contributed by atoms with E-state index in [0.29, 0.717) is 37.1 Å². The molecule has 5 fully saturated rings. The van der Waals surface area contributed by atoms with Gasteiger partial charge in [0.15, 0.2) is 5.65 Å². The smallest absolute Gasteiger partial charge is 0.326 e. The molecule has 2 bridgehead atoms. The van der Waals surface area contributed by atoms with Crippen molar-refractivity contribution in [2.24, 2.45) is 0 Å². The number of ether oxygens (including phenoxy) is 3. The van der Waals surface area contributed by atoms with E-state index in [2.05, 4.69) is 65.8 Å². The highest BCUT2D eigenvalue weighted by Crippen LogP contribution is 2.32. The molecular weight excluding hydrogens is 931 g/mol. The molecule has 19 nitrogen and oxygen atoms in total. The first-order chi connectivity index (χ1) is 35.0. The number of carbonyl (C=O) groups is 3. The number of hydrazine groups is 1. The quantitative estimate of drug-likeness (QED) is 0.0958. The molecule has 3 unspecified atom stereocenters. The van der Waals surface area contributed by atoms with Crippen LogP contribution in [0.5, 0.6) is 0 Å². The Morgan fingerprint density at radius 3 is 2.51 bits per heavy atom. The number of hydrogen-bond donors (Lipinski definition) is 3. The zero-order chi connectivity index (χ0) is 50.4. The molecule has 386 valence electrons. The van der Waals surface area contributed by atoms with Gasteiger partial charge in [-0.3, -0.25) is 24.2 Å². The molecule has 3 N–H and O–H groups in total. The van der Waals surface area contributed by atoms with Gasteiger partial charge in [0.05, 0.1) is 60.9 Å². The second-order valence-corrected chi connectivity index (χ2v) is 18.8. The minimum atomic E-state index is -2.65. The summed E-state index contributed by atoms with van der Waals surface area (Å²) in [6.45, 7) is 8.27. The van der Waals surface area contributed by atoms with Crippen LogP contribution in [0.25, 0.3) is 5.65 Å². The van der Waals surface area contributed by atoms with Crippen molar-refractivity contribution in [1.82, 2.24) is 44.8 Å². The fourth-order valence-corrected chi connectivity index (χ4v) is 9.85. The lowest BCUT2D eigenvalue weighted by Crippen LogP contribution is -2.47. The minimum Gasteiger partial charge on any atom is -0.465 e. The Labute approximate surface area is 418 Å². The molecule has 3 atom stereocenters. The molecule has 6 aliphatic rings. The molecule has 1 saturated carbocycles. The SMILES string of the molecule is CCOC(=O)Cn1cc(NC=O)ccc1=O.CN1CCC(OCC#Cc2cncc(N3CCCCC3)c2)CC1.O=C(NC1=CN(C2CCCCC2)NC1C(F)F)c1cnn2ccc(N3CC4CC3CO4)nc12. The van der Waals surface area contributed by atoms with Gasteiger partial charge in [-0.2, -0.15) is 5.10 Å². The van der Waals surface area contributed by atoms with Crippen LogP contribution in [-0.2, 0) is 30.3 Å². The van der Waals surface area contributed by atoms with Crippen LogP contribution < -0.4 is 31.4 Å². The number of fused-ring (bicyclic) bond motifs is 3. The molecular formula is C51H66F2N12O7. The van der Waals surface area contributed by atoms with Crippen LogP contribution in [0, 0.1) is 11.8 Å². The molecule has 1 aliphatic carbocycles. The van der Waals surface area contributed by atoms with Gasteiger partial charge in [-0.25, -0.2) is 23.7 Å². The van der Waals surface area contributed by atoms with E-state index in [9.17, 15) is 28.0 Å². The van der Waals surface area contributed by atoms with Gasteiger partial charge in [-0.15, -0.1) is 0 Å². The Morgan fingerprint density at radius 2 is 1.79 bits per heavy atom. The van der Waals surface area contributed by atoms with E-state index in [1.807, 2.05) is 18.5 Å². The number of piperidine rings is 2. The van der Waals surface area contributed by atoms with Crippen LogP contribution in [0.3, 0.4) is 0 Å². The normalized spacial score (nSPS) is 21.3. The number of aromatic nitrogens is 5. The lowest BCUT2D eigenvalue weighted by molar-refractivity contribution is -0.143. The lowest BCUT2D eigenvalue weighted by atomic mass is 9.95. The number of rotatable bonds is 13. The molecule has 2 amide bonds. The molecule has 0 spiro atoms. The number of hydrogen-bond acceptors (Lipinski definition) is 15. The Kier molecular flexibility index (Phi) is 18.2. The van der Waals surface area contributed by atoms with Crippen LogP contribution in [-0.4, -0.2) is 149 Å². The maximum absolute atomic E-state index is 13.7. The van der Waals surface area contributed by atoms with Crippen molar-refractivity contribution < 1.29 is 37.4 Å². The van der Waals surface area contributed by atoms with Crippen molar-refractivity contribution in [3.63, 3.8) is 0 Å². The molecule has 9 heterocycles. The fourth-order valence-electron chi connectivity index (χ4n) is 9.85. The molecule has 72 heavy (non-hydrogen) atoms. The summed E-state index contributed by atoms with van der Waals surface area (Å²) in [5.74, 6) is 6.12. The van der Waals surface area contributed by atoms with Crippen molar-refractivity contribution in [3.05, 3.63) is 88.6 Å². The first-order valence-corrected chi connectivity index (χ1v) is 25.2. The summed E-state index contributed by atoms with van der Waals surface area (Å²) < 4.78 is 46.4. The number of esters is 1. The molecule has 10 rings (SSSR count).